The first kappa shape index (κ1) is 16.1. The lowest BCUT2D eigenvalue weighted by molar-refractivity contribution is -0.714. The average molecular weight is 304 g/mol. The van der Waals surface area contributed by atoms with Crippen molar-refractivity contribution >= 4 is 8.90 Å². The van der Waals surface area contributed by atoms with Gasteiger partial charge in [0.2, 0.25) is 8.90 Å². The fourth-order valence-electron chi connectivity index (χ4n) is 2.83. The molecular formula is C17H29N3Si. The summed E-state index contributed by atoms with van der Waals surface area (Å²) >= 11 is 0. The van der Waals surface area contributed by atoms with E-state index in [4.69, 9.17) is 0 Å². The summed E-state index contributed by atoms with van der Waals surface area (Å²) in [5.41, 5.74) is 1.58. The van der Waals surface area contributed by atoms with Gasteiger partial charge in [0, 0.05) is 30.7 Å². The van der Waals surface area contributed by atoms with E-state index in [0.717, 1.165) is 0 Å². The monoisotopic (exact) mass is 303 g/mol. The number of rotatable bonds is 2. The van der Waals surface area contributed by atoms with Gasteiger partial charge < -0.3 is 13.0 Å². The first-order valence-corrected chi connectivity index (χ1v) is 8.96. The molecule has 3 nitrogen and oxygen atoms in total. The first-order chi connectivity index (χ1) is 9.55. The van der Waals surface area contributed by atoms with Gasteiger partial charge in [0.05, 0.1) is 0 Å². The van der Waals surface area contributed by atoms with Crippen LogP contribution in [0.5, 0.6) is 0 Å². The Morgan fingerprint density at radius 1 is 0.952 bits per heavy atom. The summed E-state index contributed by atoms with van der Waals surface area (Å²) < 4.78 is 7.64. The lowest BCUT2D eigenvalue weighted by Crippen LogP contribution is -2.74. The van der Waals surface area contributed by atoms with Crippen molar-refractivity contribution < 1.29 is 4.22 Å². The van der Waals surface area contributed by atoms with E-state index < -0.39 is 8.90 Å². The zero-order valence-electron chi connectivity index (χ0n) is 14.7. The summed E-state index contributed by atoms with van der Waals surface area (Å²) in [6.07, 6.45) is 0. The average Bonchev–Trinajstić information content (AvgIpc) is 2.24. The van der Waals surface area contributed by atoms with Crippen LogP contribution in [0.2, 0.25) is 0 Å². The maximum Gasteiger partial charge on any atom is 0.220 e. The molecule has 0 spiro atoms. The van der Waals surface area contributed by atoms with Gasteiger partial charge in [0.25, 0.3) is 0 Å². The zero-order valence-corrected chi connectivity index (χ0v) is 15.7. The van der Waals surface area contributed by atoms with Crippen molar-refractivity contribution in [1.29, 1.82) is 0 Å². The van der Waals surface area contributed by atoms with Crippen LogP contribution in [-0.2, 0) is 11.1 Å². The van der Waals surface area contributed by atoms with E-state index in [-0.39, 0.29) is 11.1 Å². The lowest BCUT2D eigenvalue weighted by atomic mass is 10.1. The summed E-state index contributed by atoms with van der Waals surface area (Å²) in [4.78, 5) is 0. The van der Waals surface area contributed by atoms with Gasteiger partial charge >= 0.3 is 0 Å². The fourth-order valence-corrected chi connectivity index (χ4v) is 5.72. The third-order valence-electron chi connectivity index (χ3n) is 3.60. The highest BCUT2D eigenvalue weighted by molar-refractivity contribution is 6.41. The number of hydrogen-bond donors (Lipinski definition) is 0. The highest BCUT2D eigenvalue weighted by atomic mass is 28.3. The van der Waals surface area contributed by atoms with Gasteiger partial charge in [-0.2, -0.15) is 0 Å². The molecule has 0 amide bonds. The molecule has 1 heterocycles. The van der Waals surface area contributed by atoms with Gasteiger partial charge in [-0.25, -0.2) is 0 Å². The third-order valence-corrected chi connectivity index (χ3v) is 6.96. The van der Waals surface area contributed by atoms with Crippen LogP contribution in [0.3, 0.4) is 0 Å². The van der Waals surface area contributed by atoms with Crippen LogP contribution in [0, 0.1) is 0 Å². The smallest absolute Gasteiger partial charge is 0.220 e. The zero-order chi connectivity index (χ0) is 16.0. The molecule has 0 aliphatic rings. The van der Waals surface area contributed by atoms with Gasteiger partial charge in [-0.3, -0.25) is 0 Å². The Hall–Kier alpha value is -1.29. The first-order valence-electron chi connectivity index (χ1n) is 7.62. The van der Waals surface area contributed by atoms with Gasteiger partial charge in [0.1, 0.15) is 5.82 Å². The molecule has 2 rings (SSSR count). The van der Waals surface area contributed by atoms with Crippen molar-refractivity contribution in [2.45, 2.75) is 52.6 Å². The van der Waals surface area contributed by atoms with Crippen LogP contribution in [0.1, 0.15) is 41.5 Å². The number of nitrogens with zero attached hydrogens (tertiary/aromatic N) is 3. The highest BCUT2D eigenvalue weighted by Gasteiger charge is 2.32. The molecule has 116 valence electrons. The fraction of sp³-hybridized carbons (Fsp3) is 0.588. The molecule has 0 aliphatic carbocycles. The third kappa shape index (κ3) is 2.86. The minimum atomic E-state index is -0.889. The van der Waals surface area contributed by atoms with E-state index in [1.807, 2.05) is 0 Å². The van der Waals surface area contributed by atoms with Gasteiger partial charge in [-0.15, -0.1) is 0 Å². The molecule has 0 unspecified atom stereocenters. The standard InChI is InChI=1S/C17H29N3Si/c1-16(2,3)19-15(14-12-10-9-11-13-14)20(17(4,5)6)21(19)18(7)8/h9-13H,1-8H3. The maximum atomic E-state index is 2.62. The summed E-state index contributed by atoms with van der Waals surface area (Å²) in [6.45, 7) is 13.9. The lowest BCUT2D eigenvalue weighted by Gasteiger charge is -2.50. The van der Waals surface area contributed by atoms with Crippen LogP contribution < -0.4 is 8.79 Å². The molecule has 1 aromatic carbocycles. The molecule has 0 fully saturated rings. The summed E-state index contributed by atoms with van der Waals surface area (Å²) in [7, 11) is 3.51. The van der Waals surface area contributed by atoms with Crippen LogP contribution in [0.25, 0.3) is 11.4 Å². The summed E-state index contributed by atoms with van der Waals surface area (Å²) in [5.74, 6) is 1.37. The van der Waals surface area contributed by atoms with Crippen LogP contribution in [0.15, 0.2) is 30.3 Å². The van der Waals surface area contributed by atoms with E-state index in [0.29, 0.717) is 0 Å². The number of aromatic nitrogens is 2. The predicted octanol–water partition coefficient (Wildman–Crippen LogP) is 2.89. The Morgan fingerprint density at radius 3 is 1.86 bits per heavy atom. The quantitative estimate of drug-likeness (QED) is 0.777. The van der Waals surface area contributed by atoms with E-state index in [1.54, 1.807) is 0 Å². The molecule has 1 aromatic heterocycles. The molecule has 4 heteroatoms. The van der Waals surface area contributed by atoms with Crippen molar-refractivity contribution in [3.05, 3.63) is 30.3 Å². The summed E-state index contributed by atoms with van der Waals surface area (Å²) in [5, 5.41) is 0. The van der Waals surface area contributed by atoms with E-state index in [1.165, 1.54) is 11.4 Å². The Balaban J connectivity index is 2.76. The van der Waals surface area contributed by atoms with Crippen molar-refractivity contribution in [2.24, 2.45) is 0 Å². The molecule has 0 saturated carbocycles. The largest absolute Gasteiger partial charge is 0.481 e. The molecule has 0 N–H and O–H groups in total. The molecule has 0 bridgehead atoms. The molecule has 0 atom stereocenters. The second kappa shape index (κ2) is 5.16. The number of hydrogen-bond acceptors (Lipinski definition) is 1. The van der Waals surface area contributed by atoms with E-state index in [9.17, 15) is 0 Å². The Morgan fingerprint density at radius 2 is 1.48 bits per heavy atom. The maximum absolute atomic E-state index is 2.62. The van der Waals surface area contributed by atoms with Crippen molar-refractivity contribution in [3.63, 3.8) is 0 Å². The van der Waals surface area contributed by atoms with Crippen molar-refractivity contribution in [2.75, 3.05) is 18.7 Å². The SMILES string of the molecule is CN(C)[si-]1n(C(C)(C)C)c(-c2ccccc2)[n+]1C(C)(C)C. The van der Waals surface area contributed by atoms with Crippen LogP contribution in [-0.4, -0.2) is 27.2 Å². The topological polar surface area (TPSA) is 12.1 Å². The molecule has 0 saturated heterocycles. The summed E-state index contributed by atoms with van der Waals surface area (Å²) in [6, 6.07) is 10.8. The Bertz CT molecular complexity index is 577. The van der Waals surface area contributed by atoms with Gasteiger partial charge in [0.15, 0.2) is 0 Å². The molecule has 2 aromatic rings. The minimum absolute atomic E-state index is 0.130. The molecular weight excluding hydrogens is 274 g/mol. The predicted molar refractivity (Wildman–Crippen MR) is 91.7 cm³/mol. The highest BCUT2D eigenvalue weighted by Crippen LogP contribution is 2.27. The van der Waals surface area contributed by atoms with Crippen LogP contribution in [0.4, 0.5) is 0 Å². The van der Waals surface area contributed by atoms with Gasteiger partial charge in [-0.1, -0.05) is 18.2 Å². The molecule has 21 heavy (non-hydrogen) atoms. The molecule has 0 radical (unpaired) electrons. The van der Waals surface area contributed by atoms with Crippen LogP contribution >= 0.6 is 0 Å². The van der Waals surface area contributed by atoms with Crippen molar-refractivity contribution in [1.82, 2.24) is 4.22 Å². The molecule has 0 aliphatic heterocycles. The van der Waals surface area contributed by atoms with Crippen molar-refractivity contribution in [3.8, 4) is 11.4 Å². The Kier molecular flexibility index (Phi) is 3.95. The second-order valence-electron chi connectivity index (χ2n) is 7.90. The minimum Gasteiger partial charge on any atom is -0.481 e. The van der Waals surface area contributed by atoms with Gasteiger partial charge in [-0.05, 0) is 53.7 Å². The van der Waals surface area contributed by atoms with E-state index >= 15 is 0 Å². The Labute approximate surface area is 131 Å². The normalized spacial score (nSPS) is 12.8. The van der Waals surface area contributed by atoms with E-state index in [2.05, 4.69) is 99.0 Å². The second-order valence-corrected chi connectivity index (χ2v) is 10.3. The number of benzene rings is 1.